The van der Waals surface area contributed by atoms with Crippen LogP contribution in [0.5, 0.6) is 0 Å². The third kappa shape index (κ3) is 8.66. The van der Waals surface area contributed by atoms with E-state index in [1.165, 1.54) is 6.92 Å². The van der Waals surface area contributed by atoms with Gasteiger partial charge >= 0.3 is 5.97 Å². The molecule has 0 radical (unpaired) electrons. The summed E-state index contributed by atoms with van der Waals surface area (Å²) in [5.74, 6) is -1.43. The van der Waals surface area contributed by atoms with Crippen LogP contribution in [0.15, 0.2) is 42.0 Å². The highest BCUT2D eigenvalue weighted by Gasteiger charge is 2.35. The first kappa shape index (κ1) is 26.6. The van der Waals surface area contributed by atoms with E-state index < -0.39 is 23.5 Å². The first-order valence-corrected chi connectivity index (χ1v) is 10.8. The van der Waals surface area contributed by atoms with Gasteiger partial charge in [-0.3, -0.25) is 9.59 Å². The maximum atomic E-state index is 13.2. The third-order valence-electron chi connectivity index (χ3n) is 5.52. The molecule has 1 amide bonds. The summed E-state index contributed by atoms with van der Waals surface area (Å²) in [6.45, 7) is 11.2. The second-order valence-corrected chi connectivity index (χ2v) is 9.57. The van der Waals surface area contributed by atoms with Gasteiger partial charge in [0.2, 0.25) is 5.91 Å². The molecule has 0 heterocycles. The molecule has 0 unspecified atom stereocenters. The molecule has 0 aromatic heterocycles. The van der Waals surface area contributed by atoms with Gasteiger partial charge in [0.05, 0.1) is 12.1 Å². The van der Waals surface area contributed by atoms with Crippen LogP contribution in [0.2, 0.25) is 0 Å². The van der Waals surface area contributed by atoms with Gasteiger partial charge in [-0.25, -0.2) is 4.79 Å². The molecule has 3 atom stereocenters. The molecule has 3 N–H and O–H groups in total. The number of hydrogen-bond donors (Lipinski definition) is 3. The lowest BCUT2D eigenvalue weighted by atomic mass is 9.79. The van der Waals surface area contributed by atoms with E-state index in [-0.39, 0.29) is 35.5 Å². The van der Waals surface area contributed by atoms with Gasteiger partial charge in [0.15, 0.2) is 5.78 Å². The summed E-state index contributed by atoms with van der Waals surface area (Å²) < 4.78 is 0. The highest BCUT2D eigenvalue weighted by Crippen LogP contribution is 2.26. The van der Waals surface area contributed by atoms with Crippen LogP contribution in [0, 0.1) is 17.3 Å². The van der Waals surface area contributed by atoms with E-state index in [0.717, 1.165) is 5.56 Å². The molecule has 0 aliphatic carbocycles. The maximum Gasteiger partial charge on any atom is 0.330 e. The number of carbonyl (C=O) groups is 3. The molecule has 1 rings (SSSR count). The summed E-state index contributed by atoms with van der Waals surface area (Å²) in [5.41, 5.74) is 0.774. The van der Waals surface area contributed by atoms with Gasteiger partial charge < -0.3 is 15.7 Å². The lowest BCUT2D eigenvalue weighted by molar-refractivity contribution is -0.132. The predicted molar refractivity (Wildman–Crippen MR) is 124 cm³/mol. The number of Topliss-reactive ketones (excluding diaryl/α,β-unsaturated/α-hetero) is 1. The van der Waals surface area contributed by atoms with Crippen LogP contribution in [-0.4, -0.2) is 41.9 Å². The summed E-state index contributed by atoms with van der Waals surface area (Å²) in [6, 6.07) is 8.59. The van der Waals surface area contributed by atoms with Gasteiger partial charge in [0.1, 0.15) is 0 Å². The first-order chi connectivity index (χ1) is 14.4. The third-order valence-corrected chi connectivity index (χ3v) is 5.52. The number of ketones is 1. The van der Waals surface area contributed by atoms with Gasteiger partial charge in [0.25, 0.3) is 0 Å². The first-order valence-electron chi connectivity index (χ1n) is 10.8. The second kappa shape index (κ2) is 11.8. The van der Waals surface area contributed by atoms with Crippen molar-refractivity contribution in [3.05, 3.63) is 47.5 Å². The monoisotopic (exact) mass is 430 g/mol. The quantitative estimate of drug-likeness (QED) is 0.466. The van der Waals surface area contributed by atoms with Crippen LogP contribution >= 0.6 is 0 Å². The number of hydrogen-bond acceptors (Lipinski definition) is 4. The predicted octanol–water partition coefficient (Wildman–Crippen LogP) is 3.61. The number of benzene rings is 1. The molecule has 0 saturated carbocycles. The lowest BCUT2D eigenvalue weighted by Gasteiger charge is -2.33. The molecule has 1 aromatic rings. The summed E-state index contributed by atoms with van der Waals surface area (Å²) in [6.07, 6.45) is 2.34. The highest BCUT2D eigenvalue weighted by atomic mass is 16.4. The van der Waals surface area contributed by atoms with Crippen LogP contribution in [-0.2, 0) is 20.8 Å². The lowest BCUT2D eigenvalue weighted by Crippen LogP contribution is -2.55. The minimum atomic E-state index is -0.989. The number of likely N-dealkylation sites (N-methyl/N-ethyl adjacent to an activating group) is 1. The number of allylic oxidation sites excluding steroid dienone is 1. The van der Waals surface area contributed by atoms with Crippen molar-refractivity contribution in [3.8, 4) is 0 Å². The molecular weight excluding hydrogens is 392 g/mol. The number of carboxylic acids is 1. The minimum Gasteiger partial charge on any atom is -0.478 e. The molecule has 1 aromatic carbocycles. The fourth-order valence-electron chi connectivity index (χ4n) is 3.43. The zero-order valence-corrected chi connectivity index (χ0v) is 19.9. The Bertz CT molecular complexity index is 778. The molecule has 6 nitrogen and oxygen atoms in total. The normalized spacial score (nSPS) is 15.3. The number of carbonyl (C=O) groups excluding carboxylic acids is 2. The summed E-state index contributed by atoms with van der Waals surface area (Å²) in [4.78, 5) is 37.5. The number of aliphatic carboxylic acids is 1. The zero-order valence-electron chi connectivity index (χ0n) is 19.9. The van der Waals surface area contributed by atoms with E-state index in [0.29, 0.717) is 6.42 Å². The number of rotatable bonds is 11. The Balaban J connectivity index is 3.01. The van der Waals surface area contributed by atoms with E-state index in [1.807, 2.05) is 65.0 Å². The van der Waals surface area contributed by atoms with Gasteiger partial charge in [-0.1, -0.05) is 71.0 Å². The van der Waals surface area contributed by atoms with E-state index in [9.17, 15) is 19.5 Å². The van der Waals surface area contributed by atoms with E-state index in [1.54, 1.807) is 13.1 Å². The molecule has 0 aliphatic rings. The molecule has 0 aliphatic heterocycles. The van der Waals surface area contributed by atoms with Crippen LogP contribution in [0.25, 0.3) is 0 Å². The maximum absolute atomic E-state index is 13.2. The highest BCUT2D eigenvalue weighted by molar-refractivity contribution is 5.92. The van der Waals surface area contributed by atoms with Gasteiger partial charge in [-0.05, 0) is 43.2 Å². The molecular formula is C25H38N2O4. The van der Waals surface area contributed by atoms with Crippen molar-refractivity contribution in [1.29, 1.82) is 0 Å². The number of amides is 1. The Labute approximate surface area is 186 Å². The van der Waals surface area contributed by atoms with E-state index in [4.69, 9.17) is 0 Å². The Kier molecular flexibility index (Phi) is 10.1. The second-order valence-electron chi connectivity index (χ2n) is 9.57. The molecule has 6 heteroatoms. The van der Waals surface area contributed by atoms with E-state index >= 15 is 0 Å². The molecule has 0 spiro atoms. The molecule has 172 valence electrons. The molecule has 0 fully saturated rings. The standard InChI is InChI=1S/C25H38N2O4/c1-16(2)19(13-17(3)24(30)31)15-21(28)22(25(4,5)6)27-23(29)20(26-7)14-18-11-9-8-10-12-18/h8-13,16,19-20,22,26H,14-15H2,1-7H3,(H,27,29)(H,30,31)/b17-13+/t19-,20-,22+/m0/s1. The number of carboxylic acid groups (broad SMARTS) is 1. The van der Waals surface area contributed by atoms with Gasteiger partial charge in [0, 0.05) is 12.0 Å². The fourth-order valence-corrected chi connectivity index (χ4v) is 3.43. The fraction of sp³-hybridized carbons (Fsp3) is 0.560. The summed E-state index contributed by atoms with van der Waals surface area (Å²) in [7, 11) is 1.73. The smallest absolute Gasteiger partial charge is 0.330 e. The van der Waals surface area contributed by atoms with Crippen molar-refractivity contribution in [1.82, 2.24) is 10.6 Å². The van der Waals surface area contributed by atoms with Gasteiger partial charge in [-0.2, -0.15) is 0 Å². The van der Waals surface area contributed by atoms with Crippen LogP contribution in [0.4, 0.5) is 0 Å². The van der Waals surface area contributed by atoms with E-state index in [2.05, 4.69) is 10.6 Å². The Morgan fingerprint density at radius 2 is 1.68 bits per heavy atom. The average Bonchev–Trinajstić information content (AvgIpc) is 2.68. The van der Waals surface area contributed by atoms with Crippen molar-refractivity contribution in [2.24, 2.45) is 17.3 Å². The Morgan fingerprint density at radius 1 is 1.10 bits per heavy atom. The van der Waals surface area contributed by atoms with Crippen LogP contribution in [0.1, 0.15) is 53.5 Å². The van der Waals surface area contributed by atoms with Gasteiger partial charge in [-0.15, -0.1) is 0 Å². The summed E-state index contributed by atoms with van der Waals surface area (Å²) in [5, 5.41) is 15.2. The van der Waals surface area contributed by atoms with Crippen molar-refractivity contribution in [2.45, 2.75) is 66.5 Å². The van der Waals surface area contributed by atoms with Crippen molar-refractivity contribution < 1.29 is 19.5 Å². The van der Waals surface area contributed by atoms with Crippen LogP contribution < -0.4 is 10.6 Å². The molecule has 0 bridgehead atoms. The zero-order chi connectivity index (χ0) is 23.8. The Morgan fingerprint density at radius 3 is 2.13 bits per heavy atom. The number of nitrogens with one attached hydrogen (secondary N) is 2. The van der Waals surface area contributed by atoms with Crippen molar-refractivity contribution in [3.63, 3.8) is 0 Å². The molecule has 31 heavy (non-hydrogen) atoms. The minimum absolute atomic E-state index is 0.0939. The SMILES string of the molecule is CN[C@@H](Cc1ccccc1)C(=O)N[C@H](C(=O)C[C@H](/C=C(\C)C(=O)O)C(C)C)C(C)(C)C. The van der Waals surface area contributed by atoms with Crippen LogP contribution in [0.3, 0.4) is 0 Å². The Hall–Kier alpha value is -2.47. The largest absolute Gasteiger partial charge is 0.478 e. The summed E-state index contributed by atoms with van der Waals surface area (Å²) >= 11 is 0. The van der Waals surface area contributed by atoms with Crippen molar-refractivity contribution in [2.75, 3.05) is 7.05 Å². The topological polar surface area (TPSA) is 95.5 Å². The van der Waals surface area contributed by atoms with Crippen molar-refractivity contribution >= 4 is 17.7 Å². The average molecular weight is 431 g/mol. The molecule has 0 saturated heterocycles.